The average molecular weight is 285 g/mol. The number of hydrogen-bond donors (Lipinski definition) is 1. The number of imidazole rings is 1. The van der Waals surface area contributed by atoms with Crippen LogP contribution >= 0.6 is 0 Å². The van der Waals surface area contributed by atoms with Crippen molar-refractivity contribution in [3.05, 3.63) is 47.8 Å². The average Bonchev–Trinajstić information content (AvgIpc) is 2.95. The highest BCUT2D eigenvalue weighted by atomic mass is 15.2. The molecule has 112 valence electrons. The molecule has 0 saturated carbocycles. The highest BCUT2D eigenvalue weighted by Crippen LogP contribution is 2.13. The Morgan fingerprint density at radius 1 is 1.24 bits per heavy atom. The van der Waals surface area contributed by atoms with Crippen LogP contribution in [0.1, 0.15) is 30.6 Å². The van der Waals surface area contributed by atoms with E-state index in [4.69, 9.17) is 4.98 Å². The fourth-order valence-corrected chi connectivity index (χ4v) is 2.70. The van der Waals surface area contributed by atoms with E-state index in [0.717, 1.165) is 62.9 Å². The summed E-state index contributed by atoms with van der Waals surface area (Å²) in [5.41, 5.74) is 2.27. The van der Waals surface area contributed by atoms with Gasteiger partial charge in [0, 0.05) is 38.6 Å². The van der Waals surface area contributed by atoms with Gasteiger partial charge in [-0.15, -0.1) is 0 Å². The van der Waals surface area contributed by atoms with Crippen molar-refractivity contribution in [3.63, 3.8) is 0 Å². The fourth-order valence-electron chi connectivity index (χ4n) is 2.70. The number of nitrogens with one attached hydrogen (secondary N) is 1. The van der Waals surface area contributed by atoms with E-state index in [9.17, 15) is 0 Å². The lowest BCUT2D eigenvalue weighted by Gasteiger charge is -2.27. The van der Waals surface area contributed by atoms with Crippen LogP contribution in [0.2, 0.25) is 0 Å². The molecule has 0 amide bonds. The zero-order valence-corrected chi connectivity index (χ0v) is 12.6. The Morgan fingerprint density at radius 3 is 3.05 bits per heavy atom. The van der Waals surface area contributed by atoms with Gasteiger partial charge in [0.15, 0.2) is 0 Å². The summed E-state index contributed by atoms with van der Waals surface area (Å²) in [6.45, 7) is 7.96. The summed E-state index contributed by atoms with van der Waals surface area (Å²) < 4.78 is 2.23. The van der Waals surface area contributed by atoms with Crippen molar-refractivity contribution >= 4 is 0 Å². The molecule has 1 N–H and O–H groups in total. The molecule has 3 heterocycles. The van der Waals surface area contributed by atoms with Crippen molar-refractivity contribution in [3.8, 4) is 0 Å². The minimum Gasteiger partial charge on any atom is -0.333 e. The highest BCUT2D eigenvalue weighted by Gasteiger charge is 2.16. The van der Waals surface area contributed by atoms with Crippen molar-refractivity contribution in [2.75, 3.05) is 13.1 Å². The first kappa shape index (κ1) is 14.2. The molecule has 2 aromatic heterocycles. The SMILES string of the molecule is CCCNCc1cccc(CN2CCn3ccnc3C2)n1. The Balaban J connectivity index is 1.59. The molecule has 0 unspecified atom stereocenters. The summed E-state index contributed by atoms with van der Waals surface area (Å²) in [5, 5.41) is 3.40. The molecule has 1 aliphatic heterocycles. The van der Waals surface area contributed by atoms with Crippen LogP contribution in [0.5, 0.6) is 0 Å². The monoisotopic (exact) mass is 285 g/mol. The quantitative estimate of drug-likeness (QED) is 0.822. The first-order valence-corrected chi connectivity index (χ1v) is 7.73. The molecule has 3 rings (SSSR count). The van der Waals surface area contributed by atoms with E-state index in [2.05, 4.69) is 51.1 Å². The minimum absolute atomic E-state index is 0.853. The number of hydrogen-bond acceptors (Lipinski definition) is 4. The Morgan fingerprint density at radius 2 is 2.14 bits per heavy atom. The summed E-state index contributed by atoms with van der Waals surface area (Å²) in [6, 6.07) is 6.32. The van der Waals surface area contributed by atoms with E-state index < -0.39 is 0 Å². The van der Waals surface area contributed by atoms with Crippen molar-refractivity contribution in [1.29, 1.82) is 0 Å². The van der Waals surface area contributed by atoms with Gasteiger partial charge in [0.25, 0.3) is 0 Å². The Bertz CT molecular complexity index is 578. The highest BCUT2D eigenvalue weighted by molar-refractivity contribution is 5.11. The van der Waals surface area contributed by atoms with E-state index in [-0.39, 0.29) is 0 Å². The number of aromatic nitrogens is 3. The van der Waals surface area contributed by atoms with Gasteiger partial charge in [0.2, 0.25) is 0 Å². The largest absolute Gasteiger partial charge is 0.333 e. The third kappa shape index (κ3) is 3.68. The summed E-state index contributed by atoms with van der Waals surface area (Å²) >= 11 is 0. The first-order chi connectivity index (χ1) is 10.3. The molecule has 5 heteroatoms. The third-order valence-electron chi connectivity index (χ3n) is 3.81. The molecule has 0 bridgehead atoms. The molecule has 0 atom stereocenters. The predicted molar refractivity (Wildman–Crippen MR) is 82.6 cm³/mol. The van der Waals surface area contributed by atoms with E-state index in [1.54, 1.807) is 0 Å². The molecule has 0 aliphatic carbocycles. The standard InChI is InChI=1S/C16H23N5/c1-2-6-17-11-14-4-3-5-15(19-14)12-20-9-10-21-8-7-18-16(21)13-20/h3-5,7-8,17H,2,6,9-13H2,1H3. The molecule has 0 fully saturated rings. The zero-order valence-electron chi connectivity index (χ0n) is 12.6. The Kier molecular flexibility index (Phi) is 4.62. The lowest BCUT2D eigenvalue weighted by molar-refractivity contribution is 0.206. The normalized spacial score (nSPS) is 15.1. The van der Waals surface area contributed by atoms with Gasteiger partial charge in [-0.05, 0) is 25.1 Å². The third-order valence-corrected chi connectivity index (χ3v) is 3.81. The van der Waals surface area contributed by atoms with Crippen LogP contribution in [0.25, 0.3) is 0 Å². The molecule has 0 aromatic carbocycles. The van der Waals surface area contributed by atoms with Gasteiger partial charge in [0.05, 0.1) is 17.9 Å². The van der Waals surface area contributed by atoms with E-state index in [1.165, 1.54) is 0 Å². The van der Waals surface area contributed by atoms with Crippen LogP contribution in [0, 0.1) is 0 Å². The maximum atomic E-state index is 4.75. The number of pyridine rings is 1. The van der Waals surface area contributed by atoms with Crippen LogP contribution in [-0.4, -0.2) is 32.5 Å². The minimum atomic E-state index is 0.853. The smallest absolute Gasteiger partial charge is 0.122 e. The van der Waals surface area contributed by atoms with Gasteiger partial charge in [-0.1, -0.05) is 13.0 Å². The number of fused-ring (bicyclic) bond motifs is 1. The summed E-state index contributed by atoms with van der Waals surface area (Å²) in [4.78, 5) is 11.6. The molecular formula is C16H23N5. The van der Waals surface area contributed by atoms with Crippen LogP contribution < -0.4 is 5.32 Å². The van der Waals surface area contributed by atoms with E-state index >= 15 is 0 Å². The molecule has 5 nitrogen and oxygen atoms in total. The lowest BCUT2D eigenvalue weighted by atomic mass is 10.2. The lowest BCUT2D eigenvalue weighted by Crippen LogP contribution is -2.33. The number of rotatable bonds is 6. The van der Waals surface area contributed by atoms with Gasteiger partial charge in [-0.2, -0.15) is 0 Å². The second-order valence-electron chi connectivity index (χ2n) is 5.54. The van der Waals surface area contributed by atoms with Gasteiger partial charge >= 0.3 is 0 Å². The summed E-state index contributed by atoms with van der Waals surface area (Å²) in [5.74, 6) is 1.15. The van der Waals surface area contributed by atoms with Crippen molar-refractivity contribution in [2.45, 2.75) is 39.5 Å². The molecule has 21 heavy (non-hydrogen) atoms. The topological polar surface area (TPSA) is 46.0 Å². The number of nitrogens with zero attached hydrogens (tertiary/aromatic N) is 4. The zero-order chi connectivity index (χ0) is 14.5. The first-order valence-electron chi connectivity index (χ1n) is 7.73. The van der Waals surface area contributed by atoms with Crippen LogP contribution in [0.15, 0.2) is 30.6 Å². The van der Waals surface area contributed by atoms with Gasteiger partial charge in [0.1, 0.15) is 5.82 Å². The van der Waals surface area contributed by atoms with Gasteiger partial charge in [-0.3, -0.25) is 9.88 Å². The second-order valence-corrected chi connectivity index (χ2v) is 5.54. The van der Waals surface area contributed by atoms with E-state index in [1.807, 2.05) is 6.20 Å². The van der Waals surface area contributed by atoms with E-state index in [0.29, 0.717) is 0 Å². The van der Waals surface area contributed by atoms with Crippen molar-refractivity contribution in [1.82, 2.24) is 24.8 Å². The maximum Gasteiger partial charge on any atom is 0.122 e. The fraction of sp³-hybridized carbons (Fsp3) is 0.500. The molecular weight excluding hydrogens is 262 g/mol. The van der Waals surface area contributed by atoms with Crippen LogP contribution in [0.3, 0.4) is 0 Å². The molecule has 0 spiro atoms. The Labute approximate surface area is 126 Å². The maximum absolute atomic E-state index is 4.75. The summed E-state index contributed by atoms with van der Waals surface area (Å²) in [7, 11) is 0. The molecule has 2 aromatic rings. The summed E-state index contributed by atoms with van der Waals surface area (Å²) in [6.07, 6.45) is 5.10. The van der Waals surface area contributed by atoms with Crippen LogP contribution in [0.4, 0.5) is 0 Å². The Hall–Kier alpha value is -1.72. The molecule has 0 radical (unpaired) electrons. The van der Waals surface area contributed by atoms with Crippen molar-refractivity contribution in [2.24, 2.45) is 0 Å². The van der Waals surface area contributed by atoms with Crippen LogP contribution in [-0.2, 0) is 26.2 Å². The van der Waals surface area contributed by atoms with Gasteiger partial charge in [-0.25, -0.2) is 4.98 Å². The predicted octanol–water partition coefficient (Wildman–Crippen LogP) is 1.79. The molecule has 1 aliphatic rings. The van der Waals surface area contributed by atoms with Crippen molar-refractivity contribution < 1.29 is 0 Å². The van der Waals surface area contributed by atoms with Gasteiger partial charge < -0.3 is 9.88 Å². The second kappa shape index (κ2) is 6.83. The molecule has 0 saturated heterocycles.